The van der Waals surface area contributed by atoms with Gasteiger partial charge >= 0.3 is 6.03 Å². The van der Waals surface area contributed by atoms with Crippen LogP contribution in [0.25, 0.3) is 0 Å². The third-order valence-corrected chi connectivity index (χ3v) is 6.10. The first-order valence-corrected chi connectivity index (χ1v) is 11.3. The second-order valence-electron chi connectivity index (χ2n) is 8.25. The van der Waals surface area contributed by atoms with E-state index in [1.807, 2.05) is 6.07 Å². The Balaban J connectivity index is 1.47. The van der Waals surface area contributed by atoms with Crippen LogP contribution in [0.1, 0.15) is 29.3 Å². The fraction of sp³-hybridized carbons (Fsp3) is 0.333. The third-order valence-electron chi connectivity index (χ3n) is 6.10. The minimum Gasteiger partial charge on any atom is -0.351 e. The molecule has 1 fully saturated rings. The molecule has 1 aromatic heterocycles. The first kappa shape index (κ1) is 24.7. The molecule has 0 bridgehead atoms. The maximum absolute atomic E-state index is 14.7. The maximum atomic E-state index is 14.7. The lowest BCUT2D eigenvalue weighted by atomic mass is 10.0. The first-order valence-electron chi connectivity index (χ1n) is 11.3. The molecule has 2 aliphatic heterocycles. The van der Waals surface area contributed by atoms with Crippen LogP contribution in [-0.4, -0.2) is 85.0 Å². The highest BCUT2D eigenvalue weighted by molar-refractivity contribution is 5.97. The van der Waals surface area contributed by atoms with Crippen molar-refractivity contribution in [2.45, 2.75) is 12.5 Å². The molecule has 12 heteroatoms. The number of carbonyl (C=O) groups is 1. The van der Waals surface area contributed by atoms with Gasteiger partial charge in [0.05, 0.1) is 17.7 Å². The number of aliphatic imine (C=N–C) groups is 1. The number of anilines is 1. The number of rotatable bonds is 4. The third kappa shape index (κ3) is 4.86. The molecule has 0 spiro atoms. The lowest BCUT2D eigenvalue weighted by molar-refractivity contribution is 0.139. The minimum atomic E-state index is -0.542. The van der Waals surface area contributed by atoms with Crippen LogP contribution in [-0.2, 0) is 0 Å². The summed E-state index contributed by atoms with van der Waals surface area (Å²) in [6.45, 7) is 4.82. The second kappa shape index (κ2) is 10.5. The molecule has 4 rings (SSSR count). The molecule has 1 saturated heterocycles. The normalized spacial score (nSPS) is 17.8. The summed E-state index contributed by atoms with van der Waals surface area (Å²) >= 11 is 0. The summed E-state index contributed by atoms with van der Waals surface area (Å²) < 4.78 is 28.7. The van der Waals surface area contributed by atoms with Crippen LogP contribution in [0.15, 0.2) is 45.5 Å². The zero-order valence-corrected chi connectivity index (χ0v) is 20.0. The predicted molar refractivity (Wildman–Crippen MR) is 132 cm³/mol. The van der Waals surface area contributed by atoms with Gasteiger partial charge in [0.15, 0.2) is 17.5 Å². The van der Waals surface area contributed by atoms with Gasteiger partial charge in [-0.2, -0.15) is 15.5 Å². The molecule has 2 amide bonds. The molecule has 0 saturated carbocycles. The van der Waals surface area contributed by atoms with Crippen molar-refractivity contribution >= 4 is 30.6 Å². The molecule has 0 N–H and O–H groups in total. The summed E-state index contributed by atoms with van der Waals surface area (Å²) in [4.78, 5) is 25.3. The number of benzene rings is 1. The SMILES string of the molecule is C=NN(C)/C(=N\C)c1ccc(F)c(N2CCN(C(=O)N3N=CC[C@H]3c3cc(F)cc(C#N)c3)CC2)n1. The maximum Gasteiger partial charge on any atom is 0.341 e. The smallest absolute Gasteiger partial charge is 0.341 e. The van der Waals surface area contributed by atoms with Gasteiger partial charge in [-0.25, -0.2) is 23.6 Å². The van der Waals surface area contributed by atoms with Crippen molar-refractivity contribution in [3.8, 4) is 6.07 Å². The van der Waals surface area contributed by atoms with Gasteiger partial charge in [0.25, 0.3) is 0 Å². The van der Waals surface area contributed by atoms with E-state index in [0.717, 1.165) is 6.07 Å². The van der Waals surface area contributed by atoms with E-state index in [1.165, 1.54) is 28.2 Å². The quantitative estimate of drug-likeness (QED) is 0.370. The highest BCUT2D eigenvalue weighted by Gasteiger charge is 2.34. The van der Waals surface area contributed by atoms with Gasteiger partial charge in [0.1, 0.15) is 11.5 Å². The Morgan fingerprint density at radius 2 is 1.97 bits per heavy atom. The Labute approximate surface area is 207 Å². The van der Waals surface area contributed by atoms with E-state index in [-0.39, 0.29) is 17.4 Å². The summed E-state index contributed by atoms with van der Waals surface area (Å²) in [6.07, 6.45) is 2.01. The topological polar surface area (TPSA) is 104 Å². The van der Waals surface area contributed by atoms with Crippen molar-refractivity contribution in [2.75, 3.05) is 45.2 Å². The molecule has 2 aromatic rings. The largest absolute Gasteiger partial charge is 0.351 e. The molecule has 3 heterocycles. The Hall–Kier alpha value is -4.40. The number of hydrogen-bond acceptors (Lipinski definition) is 7. The monoisotopic (exact) mass is 493 g/mol. The Bertz CT molecular complexity index is 1260. The average Bonchev–Trinajstić information content (AvgIpc) is 3.39. The summed E-state index contributed by atoms with van der Waals surface area (Å²) in [6, 6.07) is 7.97. The van der Waals surface area contributed by atoms with E-state index < -0.39 is 17.7 Å². The van der Waals surface area contributed by atoms with E-state index in [0.29, 0.717) is 49.7 Å². The molecule has 0 aliphatic carbocycles. The zero-order valence-electron chi connectivity index (χ0n) is 20.0. The van der Waals surface area contributed by atoms with Crippen LogP contribution in [0.5, 0.6) is 0 Å². The Morgan fingerprint density at radius 3 is 2.64 bits per heavy atom. The van der Waals surface area contributed by atoms with Crippen molar-refractivity contribution in [1.29, 1.82) is 5.26 Å². The number of hydrogen-bond donors (Lipinski definition) is 0. The molecule has 1 aromatic carbocycles. The number of piperazine rings is 1. The molecule has 1 atom stereocenters. The number of pyridine rings is 1. The Morgan fingerprint density at radius 1 is 1.22 bits per heavy atom. The van der Waals surface area contributed by atoms with Gasteiger partial charge in [-0.05, 0) is 35.9 Å². The van der Waals surface area contributed by atoms with Crippen molar-refractivity contribution in [3.63, 3.8) is 0 Å². The fourth-order valence-corrected chi connectivity index (χ4v) is 4.27. The summed E-state index contributed by atoms with van der Waals surface area (Å²) in [5, 5.41) is 19.9. The van der Waals surface area contributed by atoms with Gasteiger partial charge in [-0.3, -0.25) is 10.0 Å². The number of aromatic nitrogens is 1. The van der Waals surface area contributed by atoms with Gasteiger partial charge in [0, 0.05) is 59.6 Å². The van der Waals surface area contributed by atoms with Crippen LogP contribution in [0.2, 0.25) is 0 Å². The highest BCUT2D eigenvalue weighted by atomic mass is 19.1. The van der Waals surface area contributed by atoms with E-state index in [9.17, 15) is 13.6 Å². The fourth-order valence-electron chi connectivity index (χ4n) is 4.27. The summed E-state index contributed by atoms with van der Waals surface area (Å²) in [5.74, 6) is -0.416. The van der Waals surface area contributed by atoms with Gasteiger partial charge in [0.2, 0.25) is 0 Å². The molecular formula is C24H25F2N9O. The molecule has 36 heavy (non-hydrogen) atoms. The highest BCUT2D eigenvalue weighted by Crippen LogP contribution is 2.31. The van der Waals surface area contributed by atoms with Crippen LogP contribution in [0, 0.1) is 23.0 Å². The number of nitriles is 1. The van der Waals surface area contributed by atoms with Crippen LogP contribution in [0.3, 0.4) is 0 Å². The van der Waals surface area contributed by atoms with Gasteiger partial charge < -0.3 is 9.80 Å². The van der Waals surface area contributed by atoms with E-state index >= 15 is 0 Å². The lowest BCUT2D eigenvalue weighted by Crippen LogP contribution is -2.52. The Kier molecular flexibility index (Phi) is 7.19. The van der Waals surface area contributed by atoms with E-state index in [2.05, 4.69) is 26.9 Å². The first-order chi connectivity index (χ1) is 17.4. The number of nitrogens with zero attached hydrogens (tertiary/aromatic N) is 9. The van der Waals surface area contributed by atoms with E-state index in [1.54, 1.807) is 36.2 Å². The average molecular weight is 494 g/mol. The van der Waals surface area contributed by atoms with Crippen LogP contribution < -0.4 is 4.90 Å². The molecule has 10 nitrogen and oxygen atoms in total. The molecule has 186 valence electrons. The van der Waals surface area contributed by atoms with Crippen molar-refractivity contribution in [3.05, 3.63) is 58.8 Å². The van der Waals surface area contributed by atoms with Gasteiger partial charge in [-0.1, -0.05) is 0 Å². The van der Waals surface area contributed by atoms with Crippen molar-refractivity contribution < 1.29 is 13.6 Å². The van der Waals surface area contributed by atoms with E-state index in [4.69, 9.17) is 5.26 Å². The molecular weight excluding hydrogens is 468 g/mol. The van der Waals surface area contributed by atoms with Gasteiger partial charge in [-0.15, -0.1) is 0 Å². The van der Waals surface area contributed by atoms with Crippen molar-refractivity contribution in [2.24, 2.45) is 15.2 Å². The number of carbonyl (C=O) groups excluding carboxylic acids is 1. The zero-order chi connectivity index (χ0) is 25.8. The number of urea groups is 1. The number of halogens is 2. The number of amidine groups is 1. The predicted octanol–water partition coefficient (Wildman–Crippen LogP) is 2.83. The molecule has 2 aliphatic rings. The molecule has 0 unspecified atom stereocenters. The molecule has 0 radical (unpaired) electrons. The summed E-state index contributed by atoms with van der Waals surface area (Å²) in [7, 11) is 3.26. The second-order valence-corrected chi connectivity index (χ2v) is 8.25. The van der Waals surface area contributed by atoms with Crippen molar-refractivity contribution in [1.82, 2.24) is 19.9 Å². The number of amides is 2. The minimum absolute atomic E-state index is 0.166. The lowest BCUT2D eigenvalue weighted by Gasteiger charge is -2.37. The summed E-state index contributed by atoms with van der Waals surface area (Å²) in [5.41, 5.74) is 1.14. The van der Waals surface area contributed by atoms with Crippen LogP contribution in [0.4, 0.5) is 19.4 Å². The standard InChI is InChI=1S/C24H25F2N9O/c1-28-23(32(3)29-2)20-5-4-19(26)22(31-20)33-8-10-34(11-9-33)24(36)35-21(6-7-30-35)17-12-16(15-27)13-18(25)14-17/h4-5,7,12-14,21H,2,6,8-11H2,1,3H3/b28-23-/t21-/m0/s1. The van der Waals surface area contributed by atoms with Crippen LogP contribution >= 0.6 is 0 Å². The number of hydrazone groups is 2.